The van der Waals surface area contributed by atoms with Gasteiger partial charge in [-0.25, -0.2) is 0 Å². The highest BCUT2D eigenvalue weighted by molar-refractivity contribution is 5.50. The molecule has 0 saturated carbocycles. The Bertz CT molecular complexity index is 525. The van der Waals surface area contributed by atoms with Gasteiger partial charge in [-0.2, -0.15) is 0 Å². The van der Waals surface area contributed by atoms with Gasteiger partial charge in [0.15, 0.2) is 0 Å². The van der Waals surface area contributed by atoms with Crippen molar-refractivity contribution in [1.29, 1.82) is 0 Å². The molecule has 6 heteroatoms. The van der Waals surface area contributed by atoms with Crippen LogP contribution in [0.3, 0.4) is 0 Å². The van der Waals surface area contributed by atoms with Crippen LogP contribution in [0.15, 0.2) is 30.4 Å². The van der Waals surface area contributed by atoms with Gasteiger partial charge in [-0.3, -0.25) is 20.2 Å². The molecule has 0 N–H and O–H groups in total. The monoisotopic (exact) mass is 264 g/mol. The normalized spacial score (nSPS) is 14.3. The Hall–Kier alpha value is -2.24. The number of rotatable bonds is 5. The van der Waals surface area contributed by atoms with Crippen LogP contribution in [0.25, 0.3) is 0 Å². The summed E-state index contributed by atoms with van der Waals surface area (Å²) in [6, 6.07) is 3.80. The molecule has 0 aliphatic rings. The van der Waals surface area contributed by atoms with Crippen molar-refractivity contribution < 1.29 is 9.85 Å². The van der Waals surface area contributed by atoms with E-state index in [0.29, 0.717) is 5.56 Å². The molecule has 0 saturated heterocycles. The van der Waals surface area contributed by atoms with Gasteiger partial charge in [-0.05, 0) is 24.8 Å². The third kappa shape index (κ3) is 3.37. The predicted octanol–water partition coefficient (Wildman–Crippen LogP) is 3.82. The topological polar surface area (TPSA) is 86.3 Å². The summed E-state index contributed by atoms with van der Waals surface area (Å²) in [5.41, 5.74) is 0.0561. The van der Waals surface area contributed by atoms with Crippen LogP contribution in [0.5, 0.6) is 0 Å². The Morgan fingerprint density at radius 3 is 2.26 bits per heavy atom. The SMILES string of the molecule is C/C=C/C(C)C(C)c1ccc([N+](=O)[O-])cc1[N+](=O)[O-]. The van der Waals surface area contributed by atoms with Gasteiger partial charge in [0.2, 0.25) is 0 Å². The van der Waals surface area contributed by atoms with E-state index in [1.807, 2.05) is 32.9 Å². The number of nitro benzene ring substituents is 2. The van der Waals surface area contributed by atoms with Crippen LogP contribution in [-0.4, -0.2) is 9.85 Å². The molecule has 102 valence electrons. The summed E-state index contributed by atoms with van der Waals surface area (Å²) < 4.78 is 0. The smallest absolute Gasteiger partial charge is 0.258 e. The molecule has 0 radical (unpaired) electrons. The minimum Gasteiger partial charge on any atom is -0.258 e. The Morgan fingerprint density at radius 1 is 1.16 bits per heavy atom. The minimum atomic E-state index is -0.628. The van der Waals surface area contributed by atoms with Gasteiger partial charge < -0.3 is 0 Å². The molecule has 0 heterocycles. The van der Waals surface area contributed by atoms with Crippen LogP contribution < -0.4 is 0 Å². The van der Waals surface area contributed by atoms with Gasteiger partial charge in [0, 0.05) is 11.6 Å². The van der Waals surface area contributed by atoms with Crippen LogP contribution in [0, 0.1) is 26.1 Å². The molecule has 0 bridgehead atoms. The van der Waals surface area contributed by atoms with Crippen LogP contribution in [0.1, 0.15) is 32.3 Å². The van der Waals surface area contributed by atoms with E-state index < -0.39 is 9.85 Å². The summed E-state index contributed by atoms with van der Waals surface area (Å²) in [5, 5.41) is 21.7. The summed E-state index contributed by atoms with van der Waals surface area (Å²) in [6.07, 6.45) is 3.84. The molecule has 2 atom stereocenters. The largest absolute Gasteiger partial charge is 0.279 e. The van der Waals surface area contributed by atoms with Gasteiger partial charge in [0.1, 0.15) is 0 Å². The van der Waals surface area contributed by atoms with Gasteiger partial charge in [-0.1, -0.05) is 26.0 Å². The molecule has 0 fully saturated rings. The average Bonchev–Trinajstić information content (AvgIpc) is 2.37. The van der Waals surface area contributed by atoms with Crippen molar-refractivity contribution in [2.75, 3.05) is 0 Å². The van der Waals surface area contributed by atoms with Crippen molar-refractivity contribution in [3.63, 3.8) is 0 Å². The van der Waals surface area contributed by atoms with E-state index in [9.17, 15) is 20.2 Å². The second-order valence-corrected chi connectivity index (χ2v) is 4.43. The van der Waals surface area contributed by atoms with Crippen LogP contribution >= 0.6 is 0 Å². The summed E-state index contributed by atoms with van der Waals surface area (Å²) in [4.78, 5) is 20.5. The zero-order valence-electron chi connectivity index (χ0n) is 11.1. The molecular formula is C13H16N2O4. The quantitative estimate of drug-likeness (QED) is 0.459. The second kappa shape index (κ2) is 6.08. The highest BCUT2D eigenvalue weighted by atomic mass is 16.6. The van der Waals surface area contributed by atoms with Crippen molar-refractivity contribution in [3.05, 3.63) is 56.1 Å². The molecule has 0 aromatic heterocycles. The lowest BCUT2D eigenvalue weighted by Crippen LogP contribution is -2.07. The Labute approximate surface area is 111 Å². The third-order valence-electron chi connectivity index (χ3n) is 3.20. The average molecular weight is 264 g/mol. The number of allylic oxidation sites excluding steroid dienone is 2. The fourth-order valence-corrected chi connectivity index (χ4v) is 1.94. The number of benzene rings is 1. The number of hydrogen-bond acceptors (Lipinski definition) is 4. The first-order valence-corrected chi connectivity index (χ1v) is 5.94. The molecule has 2 unspecified atom stereocenters. The highest BCUT2D eigenvalue weighted by Gasteiger charge is 2.24. The van der Waals surface area contributed by atoms with Crippen molar-refractivity contribution in [1.82, 2.24) is 0 Å². The molecule has 19 heavy (non-hydrogen) atoms. The van der Waals surface area contributed by atoms with Crippen molar-refractivity contribution in [3.8, 4) is 0 Å². The van der Waals surface area contributed by atoms with Gasteiger partial charge in [0.05, 0.1) is 15.9 Å². The lowest BCUT2D eigenvalue weighted by atomic mass is 9.87. The summed E-state index contributed by atoms with van der Waals surface area (Å²) in [5.74, 6) is 0.0301. The third-order valence-corrected chi connectivity index (χ3v) is 3.20. The van der Waals surface area contributed by atoms with Crippen molar-refractivity contribution in [2.45, 2.75) is 26.7 Å². The number of non-ortho nitro benzene ring substituents is 1. The van der Waals surface area contributed by atoms with Crippen molar-refractivity contribution in [2.24, 2.45) is 5.92 Å². The summed E-state index contributed by atoms with van der Waals surface area (Å²) in [7, 11) is 0. The molecule has 0 spiro atoms. The Balaban J connectivity index is 3.27. The molecule has 6 nitrogen and oxygen atoms in total. The van der Waals surface area contributed by atoms with Gasteiger partial charge >= 0.3 is 0 Å². The predicted molar refractivity (Wildman–Crippen MR) is 72.1 cm³/mol. The first kappa shape index (κ1) is 14.8. The Kier molecular flexibility index (Phi) is 4.74. The maximum atomic E-state index is 11.0. The zero-order chi connectivity index (χ0) is 14.6. The number of hydrogen-bond donors (Lipinski definition) is 0. The molecule has 1 rings (SSSR count). The second-order valence-electron chi connectivity index (χ2n) is 4.43. The fourth-order valence-electron chi connectivity index (χ4n) is 1.94. The van der Waals surface area contributed by atoms with E-state index in [-0.39, 0.29) is 23.2 Å². The first-order valence-electron chi connectivity index (χ1n) is 5.94. The Morgan fingerprint density at radius 2 is 1.79 bits per heavy atom. The number of nitro groups is 2. The van der Waals surface area contributed by atoms with Crippen molar-refractivity contribution >= 4 is 11.4 Å². The first-order chi connectivity index (χ1) is 8.88. The van der Waals surface area contributed by atoms with Crippen LogP contribution in [0.2, 0.25) is 0 Å². The maximum absolute atomic E-state index is 11.0. The lowest BCUT2D eigenvalue weighted by Gasteiger charge is -2.16. The zero-order valence-corrected chi connectivity index (χ0v) is 11.1. The molecule has 1 aromatic carbocycles. The number of nitrogens with zero attached hydrogens (tertiary/aromatic N) is 2. The lowest BCUT2D eigenvalue weighted by molar-refractivity contribution is -0.394. The molecule has 0 aliphatic carbocycles. The standard InChI is InChI=1S/C13H16N2O4/c1-4-5-9(2)10(3)12-7-6-11(14(16)17)8-13(12)15(18)19/h4-10H,1-3H3/b5-4+. The summed E-state index contributed by atoms with van der Waals surface area (Å²) >= 11 is 0. The van der Waals surface area contributed by atoms with E-state index in [0.717, 1.165) is 6.07 Å². The van der Waals surface area contributed by atoms with E-state index >= 15 is 0 Å². The van der Waals surface area contributed by atoms with Gasteiger partial charge in [-0.15, -0.1) is 0 Å². The molecular weight excluding hydrogens is 248 g/mol. The molecule has 1 aromatic rings. The molecule has 0 amide bonds. The van der Waals surface area contributed by atoms with E-state index in [4.69, 9.17) is 0 Å². The van der Waals surface area contributed by atoms with E-state index in [1.54, 1.807) is 0 Å². The molecule has 0 aliphatic heterocycles. The van der Waals surface area contributed by atoms with E-state index in [2.05, 4.69) is 0 Å². The highest BCUT2D eigenvalue weighted by Crippen LogP contribution is 2.34. The maximum Gasteiger partial charge on any atom is 0.279 e. The van der Waals surface area contributed by atoms with E-state index in [1.165, 1.54) is 12.1 Å². The van der Waals surface area contributed by atoms with Gasteiger partial charge in [0.25, 0.3) is 11.4 Å². The minimum absolute atomic E-state index is 0.0857. The van der Waals surface area contributed by atoms with Crippen LogP contribution in [0.4, 0.5) is 11.4 Å². The summed E-state index contributed by atoms with van der Waals surface area (Å²) in [6.45, 7) is 5.71. The van der Waals surface area contributed by atoms with Crippen LogP contribution in [-0.2, 0) is 0 Å². The fraction of sp³-hybridized carbons (Fsp3) is 0.385.